The predicted octanol–water partition coefficient (Wildman–Crippen LogP) is 2.35. The lowest BCUT2D eigenvalue weighted by Gasteiger charge is -2.22. The molecule has 0 aliphatic rings. The second kappa shape index (κ2) is 13.8. The summed E-state index contributed by atoms with van der Waals surface area (Å²) in [4.78, 5) is 0. The number of aliphatic hydroxyl groups excluding tert-OH is 1. The van der Waals surface area contributed by atoms with Crippen LogP contribution in [0.4, 0.5) is 0 Å². The third kappa shape index (κ3) is 11.0. The number of rotatable bonds is 13. The molecule has 0 unspecified atom stereocenters. The lowest BCUT2D eigenvalue weighted by Crippen LogP contribution is -2.30. The van der Waals surface area contributed by atoms with E-state index in [9.17, 15) is 5.11 Å². The molecule has 1 N–H and O–H groups in total. The van der Waals surface area contributed by atoms with Gasteiger partial charge in [0.1, 0.15) is 6.79 Å². The van der Waals surface area contributed by atoms with Gasteiger partial charge < -0.3 is 19.3 Å². The van der Waals surface area contributed by atoms with Crippen molar-refractivity contribution in [1.29, 1.82) is 0 Å². The lowest BCUT2D eigenvalue weighted by molar-refractivity contribution is -0.130. The Bertz CT molecular complexity index is 225. The Balaban J connectivity index is 3.86. The van der Waals surface area contributed by atoms with Gasteiger partial charge in [-0.2, -0.15) is 0 Å². The average molecular weight is 272 g/mol. The van der Waals surface area contributed by atoms with Crippen molar-refractivity contribution < 1.29 is 19.3 Å². The van der Waals surface area contributed by atoms with E-state index in [1.165, 1.54) is 12.8 Å². The van der Waals surface area contributed by atoms with Gasteiger partial charge in [0, 0.05) is 13.5 Å². The first-order valence-electron chi connectivity index (χ1n) is 7.06. The molecule has 19 heavy (non-hydrogen) atoms. The molecule has 0 saturated heterocycles. The normalized spacial score (nSPS) is 14.0. The van der Waals surface area contributed by atoms with E-state index in [0.717, 1.165) is 19.3 Å². The van der Waals surface area contributed by atoms with Crippen LogP contribution in [-0.2, 0) is 14.2 Å². The number of unbranched alkanes of at least 4 members (excludes halogenated alkanes) is 3. The number of hydrogen-bond donors (Lipinski definition) is 1. The minimum Gasteiger partial charge on any atom is -0.389 e. The van der Waals surface area contributed by atoms with Crippen molar-refractivity contribution in [2.75, 3.05) is 27.1 Å². The summed E-state index contributed by atoms with van der Waals surface area (Å²) in [5, 5.41) is 9.92. The Kier molecular flexibility index (Phi) is 13.4. The second-order valence-corrected chi connectivity index (χ2v) is 4.55. The zero-order chi connectivity index (χ0) is 14.3. The van der Waals surface area contributed by atoms with Gasteiger partial charge in [-0.05, 0) is 6.42 Å². The highest BCUT2D eigenvalue weighted by atomic mass is 16.7. The molecule has 0 aromatic rings. The van der Waals surface area contributed by atoms with E-state index in [-0.39, 0.29) is 12.9 Å². The van der Waals surface area contributed by atoms with Crippen LogP contribution >= 0.6 is 0 Å². The molecule has 0 aliphatic heterocycles. The molecule has 0 heterocycles. The standard InChI is InChI=1S/C15H28O4/c1-4-6-7-8-10-15(14(16)9-5-2)19-13-18-12-11-17-3/h2,14-16H,4,6-13H2,1,3H3/t14-,15-/m0/s1. The van der Waals surface area contributed by atoms with Gasteiger partial charge in [-0.3, -0.25) is 0 Å². The molecule has 0 aromatic heterocycles. The maximum Gasteiger partial charge on any atom is 0.147 e. The minimum absolute atomic E-state index is 0.170. The topological polar surface area (TPSA) is 47.9 Å². The Morgan fingerprint density at radius 3 is 2.63 bits per heavy atom. The summed E-state index contributed by atoms with van der Waals surface area (Å²) in [5.41, 5.74) is 0. The number of hydrogen-bond acceptors (Lipinski definition) is 4. The van der Waals surface area contributed by atoms with Crippen LogP contribution in [0.15, 0.2) is 0 Å². The molecule has 4 heteroatoms. The van der Waals surface area contributed by atoms with E-state index in [2.05, 4.69) is 12.8 Å². The molecule has 0 saturated carbocycles. The lowest BCUT2D eigenvalue weighted by atomic mass is 10.0. The second-order valence-electron chi connectivity index (χ2n) is 4.55. The molecule has 0 amide bonds. The predicted molar refractivity (Wildman–Crippen MR) is 75.8 cm³/mol. The summed E-state index contributed by atoms with van der Waals surface area (Å²) in [5.74, 6) is 2.47. The number of ether oxygens (including phenoxy) is 3. The fourth-order valence-corrected chi connectivity index (χ4v) is 1.75. The van der Waals surface area contributed by atoms with Gasteiger partial charge in [0.15, 0.2) is 0 Å². The van der Waals surface area contributed by atoms with Gasteiger partial charge in [0.05, 0.1) is 25.4 Å². The molecular formula is C15H28O4. The fraction of sp³-hybridized carbons (Fsp3) is 0.867. The summed E-state index contributed by atoms with van der Waals surface area (Å²) in [6.45, 7) is 3.37. The van der Waals surface area contributed by atoms with Gasteiger partial charge >= 0.3 is 0 Å². The van der Waals surface area contributed by atoms with Gasteiger partial charge in [-0.25, -0.2) is 0 Å². The van der Waals surface area contributed by atoms with Crippen molar-refractivity contribution in [1.82, 2.24) is 0 Å². The third-order valence-corrected chi connectivity index (χ3v) is 2.90. The summed E-state index contributed by atoms with van der Waals surface area (Å²) >= 11 is 0. The molecule has 2 atom stereocenters. The first kappa shape index (κ1) is 18.4. The zero-order valence-electron chi connectivity index (χ0n) is 12.3. The van der Waals surface area contributed by atoms with E-state index in [0.29, 0.717) is 19.6 Å². The van der Waals surface area contributed by atoms with Crippen LogP contribution in [0.2, 0.25) is 0 Å². The molecular weight excluding hydrogens is 244 g/mol. The maximum absolute atomic E-state index is 9.92. The highest BCUT2D eigenvalue weighted by Crippen LogP contribution is 2.13. The van der Waals surface area contributed by atoms with Crippen LogP contribution in [0.5, 0.6) is 0 Å². The van der Waals surface area contributed by atoms with Gasteiger partial charge in [-0.15, -0.1) is 12.3 Å². The van der Waals surface area contributed by atoms with Gasteiger partial charge in [-0.1, -0.05) is 32.6 Å². The van der Waals surface area contributed by atoms with Crippen LogP contribution in [0.3, 0.4) is 0 Å². The van der Waals surface area contributed by atoms with Gasteiger partial charge in [0.2, 0.25) is 0 Å². The molecule has 0 aromatic carbocycles. The van der Waals surface area contributed by atoms with Gasteiger partial charge in [0.25, 0.3) is 0 Å². The minimum atomic E-state index is -0.613. The van der Waals surface area contributed by atoms with Crippen molar-refractivity contribution in [2.24, 2.45) is 0 Å². The van der Waals surface area contributed by atoms with E-state index in [1.54, 1.807) is 7.11 Å². The molecule has 0 aliphatic carbocycles. The molecule has 0 bridgehead atoms. The van der Waals surface area contributed by atoms with Crippen LogP contribution in [0, 0.1) is 12.3 Å². The van der Waals surface area contributed by atoms with Crippen molar-refractivity contribution in [3.05, 3.63) is 0 Å². The summed E-state index contributed by atoms with van der Waals surface area (Å²) < 4.78 is 15.7. The van der Waals surface area contributed by atoms with Crippen LogP contribution < -0.4 is 0 Å². The van der Waals surface area contributed by atoms with Crippen LogP contribution in [0.1, 0.15) is 45.4 Å². The molecule has 0 fully saturated rings. The van der Waals surface area contributed by atoms with Crippen molar-refractivity contribution in [3.8, 4) is 12.3 Å². The summed E-state index contributed by atoms with van der Waals surface area (Å²) in [6.07, 6.45) is 10.1. The monoisotopic (exact) mass is 272 g/mol. The Hall–Kier alpha value is -0.600. The SMILES string of the molecule is C#CC[C@H](O)[C@H](CCCCCC)OCOCCOC. The quantitative estimate of drug-likeness (QED) is 0.318. The summed E-state index contributed by atoms with van der Waals surface area (Å²) in [7, 11) is 1.62. The van der Waals surface area contributed by atoms with Crippen LogP contribution in [0.25, 0.3) is 0 Å². The average Bonchev–Trinajstić information content (AvgIpc) is 2.41. The highest BCUT2D eigenvalue weighted by molar-refractivity contribution is 4.89. The van der Waals surface area contributed by atoms with E-state index in [1.807, 2.05) is 0 Å². The molecule has 4 nitrogen and oxygen atoms in total. The number of methoxy groups -OCH3 is 1. The Morgan fingerprint density at radius 1 is 1.21 bits per heavy atom. The molecule has 0 radical (unpaired) electrons. The molecule has 0 rings (SSSR count). The smallest absolute Gasteiger partial charge is 0.147 e. The van der Waals surface area contributed by atoms with Crippen molar-refractivity contribution in [3.63, 3.8) is 0 Å². The fourth-order valence-electron chi connectivity index (χ4n) is 1.75. The summed E-state index contributed by atoms with van der Waals surface area (Å²) in [6, 6.07) is 0. The molecule has 112 valence electrons. The van der Waals surface area contributed by atoms with E-state index >= 15 is 0 Å². The van der Waals surface area contributed by atoms with Crippen molar-refractivity contribution in [2.45, 2.75) is 57.7 Å². The first-order valence-corrected chi connectivity index (χ1v) is 7.06. The number of aliphatic hydroxyl groups is 1. The Morgan fingerprint density at radius 2 is 2.00 bits per heavy atom. The largest absolute Gasteiger partial charge is 0.389 e. The van der Waals surface area contributed by atoms with E-state index < -0.39 is 6.10 Å². The number of terminal acetylenes is 1. The Labute approximate surface area is 117 Å². The first-order chi connectivity index (χ1) is 9.26. The highest BCUT2D eigenvalue weighted by Gasteiger charge is 2.18. The van der Waals surface area contributed by atoms with Crippen molar-refractivity contribution >= 4 is 0 Å². The zero-order valence-corrected chi connectivity index (χ0v) is 12.3. The third-order valence-electron chi connectivity index (χ3n) is 2.90. The molecule has 0 spiro atoms. The van der Waals surface area contributed by atoms with Crippen LogP contribution in [-0.4, -0.2) is 44.4 Å². The maximum atomic E-state index is 9.92. The van der Waals surface area contributed by atoms with E-state index in [4.69, 9.17) is 20.6 Å².